The van der Waals surface area contributed by atoms with Gasteiger partial charge in [0.2, 0.25) is 0 Å². The van der Waals surface area contributed by atoms with E-state index in [1.165, 1.54) is 12.8 Å². The highest BCUT2D eigenvalue weighted by atomic mass is 16.7. The van der Waals surface area contributed by atoms with Crippen molar-refractivity contribution in [3.8, 4) is 0 Å². The Labute approximate surface area is 193 Å². The molecule has 0 bridgehead atoms. The van der Waals surface area contributed by atoms with E-state index in [-0.39, 0.29) is 34.5 Å². The van der Waals surface area contributed by atoms with Gasteiger partial charge < -0.3 is 20.3 Å². The van der Waals surface area contributed by atoms with Crippen LogP contribution in [0.3, 0.4) is 0 Å². The number of aliphatic hydroxyl groups is 1. The predicted molar refractivity (Wildman–Crippen MR) is 122 cm³/mol. The minimum Gasteiger partial charge on any atom is -0.381 e. The van der Waals surface area contributed by atoms with Gasteiger partial charge in [-0.1, -0.05) is 27.7 Å². The van der Waals surface area contributed by atoms with Crippen LogP contribution in [0.1, 0.15) is 85.5 Å². The van der Waals surface area contributed by atoms with Crippen molar-refractivity contribution >= 4 is 5.78 Å². The first-order valence-electron chi connectivity index (χ1n) is 13.4. The molecule has 5 nitrogen and oxygen atoms in total. The molecule has 180 valence electrons. The predicted octanol–water partition coefficient (Wildman–Crippen LogP) is 4.05. The van der Waals surface area contributed by atoms with Crippen molar-refractivity contribution in [2.75, 3.05) is 6.61 Å². The molecule has 6 aliphatic rings. The lowest BCUT2D eigenvalue weighted by Gasteiger charge is -2.63. The maximum atomic E-state index is 13.5. The molecule has 4 aliphatic carbocycles. The Morgan fingerprint density at radius 3 is 2.56 bits per heavy atom. The fourth-order valence-corrected chi connectivity index (χ4v) is 10.1. The van der Waals surface area contributed by atoms with E-state index in [2.05, 4.69) is 27.7 Å². The van der Waals surface area contributed by atoms with Gasteiger partial charge in [0.25, 0.3) is 0 Å². The highest BCUT2D eigenvalue weighted by Gasteiger charge is 2.71. The van der Waals surface area contributed by atoms with Crippen LogP contribution in [0.15, 0.2) is 0 Å². The number of Topliss-reactive ketones (excluding diaryl/α,β-unsaturated/α-hetero) is 1. The third kappa shape index (κ3) is 2.58. The molecule has 6 fully saturated rings. The van der Waals surface area contributed by atoms with Crippen LogP contribution in [0.4, 0.5) is 0 Å². The van der Waals surface area contributed by atoms with Gasteiger partial charge in [0.05, 0.1) is 12.7 Å². The quantitative estimate of drug-likeness (QED) is 0.588. The zero-order valence-electron chi connectivity index (χ0n) is 20.4. The summed E-state index contributed by atoms with van der Waals surface area (Å²) in [7, 11) is 0. The highest BCUT2D eigenvalue weighted by Crippen LogP contribution is 2.71. The fourth-order valence-electron chi connectivity index (χ4n) is 10.1. The maximum absolute atomic E-state index is 13.5. The minimum atomic E-state index is -1.23. The monoisotopic (exact) mass is 445 g/mol. The molecule has 5 heteroatoms. The Morgan fingerprint density at radius 2 is 1.84 bits per heavy atom. The van der Waals surface area contributed by atoms with Crippen LogP contribution in [0.5, 0.6) is 0 Å². The summed E-state index contributed by atoms with van der Waals surface area (Å²) < 4.78 is 13.3. The van der Waals surface area contributed by atoms with E-state index in [1.807, 2.05) is 0 Å². The zero-order chi connectivity index (χ0) is 22.7. The second-order valence-electron chi connectivity index (χ2n) is 13.3. The Balaban J connectivity index is 1.30. The van der Waals surface area contributed by atoms with Gasteiger partial charge in [-0.05, 0) is 80.0 Å². The Bertz CT molecular complexity index is 807. The van der Waals surface area contributed by atoms with Crippen LogP contribution in [0.25, 0.3) is 0 Å². The van der Waals surface area contributed by atoms with E-state index >= 15 is 0 Å². The van der Waals surface area contributed by atoms with Crippen molar-refractivity contribution in [1.82, 2.24) is 0 Å². The summed E-state index contributed by atoms with van der Waals surface area (Å²) in [4.78, 5) is 13.5. The van der Waals surface area contributed by atoms with Gasteiger partial charge in [0.15, 0.2) is 11.6 Å². The van der Waals surface area contributed by atoms with Crippen molar-refractivity contribution in [3.63, 3.8) is 0 Å². The van der Waals surface area contributed by atoms with Crippen LogP contribution in [-0.2, 0) is 14.3 Å². The molecule has 0 radical (unpaired) electrons. The van der Waals surface area contributed by atoms with Gasteiger partial charge in [-0.3, -0.25) is 4.79 Å². The van der Waals surface area contributed by atoms with Crippen LogP contribution >= 0.6 is 0 Å². The fraction of sp³-hybridized carbons (Fsp3) is 0.963. The summed E-state index contributed by atoms with van der Waals surface area (Å²) in [5.74, 6) is 2.47. The number of rotatable bonds is 0. The lowest BCUT2D eigenvalue weighted by atomic mass is 9.42. The molecule has 0 amide bonds. The SMILES string of the molecule is C[C@@H]1CC[C@@]2(OC1)O[C@H]1C[C@H]3[C@@H]4CC(=O)[C@]5(O)C[C@@H](N)CC[C@]5(C)[C@H]4CC[C@]3(C)[C@H]1[C@@H]2C. The largest absolute Gasteiger partial charge is 0.381 e. The molecule has 0 aromatic carbocycles. The Kier molecular flexibility index (Phi) is 4.68. The standard InChI is InChI=1S/C27H43NO4/c1-15-5-10-27(31-14-15)16(2)23-21(32-27)12-20-18-11-22(29)26(30)13-17(28)6-9-25(26,4)19(18)7-8-24(20,23)3/h15-21,23,30H,5-14,28H2,1-4H3/t15-,16+,17+,18-,19+,20+,21+,23+,24+,25-,26-,27-/m1/s1. The van der Waals surface area contributed by atoms with E-state index in [0.717, 1.165) is 38.7 Å². The molecule has 2 aliphatic heterocycles. The van der Waals surface area contributed by atoms with Gasteiger partial charge in [0, 0.05) is 30.2 Å². The zero-order valence-corrected chi connectivity index (χ0v) is 20.4. The van der Waals surface area contributed by atoms with Crippen LogP contribution < -0.4 is 5.73 Å². The molecule has 1 spiro atoms. The van der Waals surface area contributed by atoms with Gasteiger partial charge in [-0.25, -0.2) is 0 Å². The number of fused-ring (bicyclic) bond motifs is 7. The summed E-state index contributed by atoms with van der Waals surface area (Å²) in [6.07, 6.45) is 8.53. The number of ether oxygens (including phenoxy) is 2. The number of carbonyl (C=O) groups is 1. The molecule has 32 heavy (non-hydrogen) atoms. The topological polar surface area (TPSA) is 81.8 Å². The molecule has 6 rings (SSSR count). The first kappa shape index (κ1) is 22.0. The van der Waals surface area contributed by atoms with Crippen LogP contribution in [-0.4, -0.2) is 41.0 Å². The van der Waals surface area contributed by atoms with Gasteiger partial charge in [-0.15, -0.1) is 0 Å². The summed E-state index contributed by atoms with van der Waals surface area (Å²) in [6.45, 7) is 10.1. The Morgan fingerprint density at radius 1 is 1.06 bits per heavy atom. The van der Waals surface area contributed by atoms with E-state index in [1.54, 1.807) is 0 Å². The first-order chi connectivity index (χ1) is 15.0. The van der Waals surface area contributed by atoms with Gasteiger partial charge in [0.1, 0.15) is 5.60 Å². The molecule has 2 saturated heterocycles. The van der Waals surface area contributed by atoms with Crippen molar-refractivity contribution in [2.45, 2.75) is 109 Å². The molecular weight excluding hydrogens is 402 g/mol. The van der Waals surface area contributed by atoms with Gasteiger partial charge >= 0.3 is 0 Å². The average Bonchev–Trinajstić information content (AvgIpc) is 3.18. The highest BCUT2D eigenvalue weighted by molar-refractivity contribution is 5.89. The third-order valence-corrected chi connectivity index (χ3v) is 11.9. The van der Waals surface area contributed by atoms with Crippen molar-refractivity contribution in [2.24, 2.45) is 52.1 Å². The van der Waals surface area contributed by atoms with E-state index < -0.39 is 5.60 Å². The molecule has 3 N–H and O–H groups in total. The second kappa shape index (κ2) is 6.80. The number of hydrogen-bond donors (Lipinski definition) is 2. The summed E-state index contributed by atoms with van der Waals surface area (Å²) in [5, 5.41) is 11.7. The number of hydrogen-bond acceptors (Lipinski definition) is 5. The van der Waals surface area contributed by atoms with Crippen molar-refractivity contribution in [1.29, 1.82) is 0 Å². The smallest absolute Gasteiger partial charge is 0.171 e. The van der Waals surface area contributed by atoms with Gasteiger partial charge in [-0.2, -0.15) is 0 Å². The Hall–Kier alpha value is -0.490. The van der Waals surface area contributed by atoms with E-state index in [4.69, 9.17) is 15.2 Å². The molecule has 12 atom stereocenters. The van der Waals surface area contributed by atoms with E-state index in [0.29, 0.717) is 48.3 Å². The summed E-state index contributed by atoms with van der Waals surface area (Å²) >= 11 is 0. The lowest BCUT2D eigenvalue weighted by molar-refractivity contribution is -0.273. The maximum Gasteiger partial charge on any atom is 0.171 e. The van der Waals surface area contributed by atoms with E-state index in [9.17, 15) is 9.90 Å². The molecule has 0 unspecified atom stereocenters. The lowest BCUT2D eigenvalue weighted by Crippen LogP contribution is -2.67. The first-order valence-corrected chi connectivity index (χ1v) is 13.4. The van der Waals surface area contributed by atoms with Crippen molar-refractivity contribution < 1.29 is 19.4 Å². The minimum absolute atomic E-state index is 0.0584. The molecule has 4 saturated carbocycles. The molecule has 2 heterocycles. The normalized spacial score (nSPS) is 61.8. The third-order valence-electron chi connectivity index (χ3n) is 11.9. The summed E-state index contributed by atoms with van der Waals surface area (Å²) in [6, 6.07) is -0.0584. The molecule has 0 aromatic rings. The second-order valence-corrected chi connectivity index (χ2v) is 13.3. The van der Waals surface area contributed by atoms with Crippen LogP contribution in [0.2, 0.25) is 0 Å². The number of nitrogens with two attached hydrogens (primary N) is 1. The van der Waals surface area contributed by atoms with Crippen LogP contribution in [0, 0.1) is 46.3 Å². The average molecular weight is 446 g/mol. The number of carbonyl (C=O) groups excluding carboxylic acids is 1. The number of ketones is 1. The molecular formula is C27H43NO4. The summed E-state index contributed by atoms with van der Waals surface area (Å²) in [5.41, 5.74) is 4.87. The molecule has 0 aromatic heterocycles. The van der Waals surface area contributed by atoms with Crippen molar-refractivity contribution in [3.05, 3.63) is 0 Å².